The van der Waals surface area contributed by atoms with Gasteiger partial charge in [-0.25, -0.2) is 4.57 Å². The maximum atomic E-state index is 12.7. The fourth-order valence-corrected chi connectivity index (χ4v) is 8.02. The lowest BCUT2D eigenvalue weighted by Gasteiger charge is -2.24. The highest BCUT2D eigenvalue weighted by molar-refractivity contribution is 7.47. The molecule has 9 heteroatoms. The van der Waals surface area contributed by atoms with Gasteiger partial charge in [0.1, 0.15) is 19.3 Å². The van der Waals surface area contributed by atoms with E-state index >= 15 is 0 Å². The van der Waals surface area contributed by atoms with E-state index in [2.05, 4.69) is 50.3 Å². The summed E-state index contributed by atoms with van der Waals surface area (Å²) in [7, 11) is 1.67. The Hall–Kier alpha value is -1.28. The number of ether oxygens (including phenoxy) is 2. The van der Waals surface area contributed by atoms with E-state index in [0.717, 1.165) is 57.8 Å². The summed E-state index contributed by atoms with van der Waals surface area (Å²) in [6.07, 6.45) is 54.8. The highest BCUT2D eigenvalue weighted by Gasteiger charge is 2.26. The number of hydrogen-bond acceptors (Lipinski definition) is 6. The Labute approximate surface area is 378 Å². The van der Waals surface area contributed by atoms with Crippen LogP contribution in [0.4, 0.5) is 0 Å². The summed E-state index contributed by atoms with van der Waals surface area (Å²) in [5, 5.41) is 0. The number of phosphoric acid groups is 1. The first-order chi connectivity index (χ1) is 29.6. The fraction of sp³-hybridized carbons (Fsp3) is 0.865. The number of carbonyl (C=O) groups excluding carboxylic acids is 1. The lowest BCUT2D eigenvalue weighted by molar-refractivity contribution is -0.870. The monoisotopic (exact) mass is 883 g/mol. The number of esters is 1. The molecule has 0 saturated carbocycles. The number of phosphoric ester groups is 1. The Morgan fingerprint density at radius 2 is 0.951 bits per heavy atom. The molecule has 0 aliphatic rings. The number of carbonyl (C=O) groups is 1. The second-order valence-electron chi connectivity index (χ2n) is 18.5. The highest BCUT2D eigenvalue weighted by Crippen LogP contribution is 2.43. The van der Waals surface area contributed by atoms with Crippen LogP contribution in [-0.4, -0.2) is 75.6 Å². The molecular formula is C52H101NO7P+. The second kappa shape index (κ2) is 45.3. The van der Waals surface area contributed by atoms with E-state index in [4.69, 9.17) is 18.5 Å². The van der Waals surface area contributed by atoms with Gasteiger partial charge in [-0.3, -0.25) is 13.8 Å². The third-order valence-electron chi connectivity index (χ3n) is 11.2. The Balaban J connectivity index is 4.10. The highest BCUT2D eigenvalue weighted by atomic mass is 31.2. The zero-order valence-electron chi connectivity index (χ0n) is 40.9. The Kier molecular flexibility index (Phi) is 44.3. The molecule has 0 fully saturated rings. The topological polar surface area (TPSA) is 91.3 Å². The van der Waals surface area contributed by atoms with Gasteiger partial charge < -0.3 is 18.9 Å². The van der Waals surface area contributed by atoms with Crippen molar-refractivity contribution in [1.29, 1.82) is 0 Å². The lowest BCUT2D eigenvalue weighted by Crippen LogP contribution is -2.37. The van der Waals surface area contributed by atoms with Crippen molar-refractivity contribution in [3.8, 4) is 0 Å². The van der Waals surface area contributed by atoms with Gasteiger partial charge in [-0.1, -0.05) is 217 Å². The number of unbranched alkanes of at least 4 members (excludes halogenated alkanes) is 28. The molecule has 0 heterocycles. The van der Waals surface area contributed by atoms with Gasteiger partial charge in [-0.2, -0.15) is 0 Å². The maximum Gasteiger partial charge on any atom is 0.472 e. The number of rotatable bonds is 48. The van der Waals surface area contributed by atoms with E-state index in [-0.39, 0.29) is 25.8 Å². The molecule has 1 N–H and O–H groups in total. The molecule has 0 amide bonds. The summed E-state index contributed by atoms with van der Waals surface area (Å²) in [6.45, 7) is 5.54. The molecule has 0 aromatic carbocycles. The molecule has 61 heavy (non-hydrogen) atoms. The lowest BCUT2D eigenvalue weighted by atomic mass is 10.0. The van der Waals surface area contributed by atoms with Crippen molar-refractivity contribution >= 4 is 13.8 Å². The van der Waals surface area contributed by atoms with Crippen LogP contribution in [0.5, 0.6) is 0 Å². The summed E-state index contributed by atoms with van der Waals surface area (Å²) in [5.74, 6) is -0.320. The van der Waals surface area contributed by atoms with Crippen molar-refractivity contribution < 1.29 is 37.3 Å². The van der Waals surface area contributed by atoms with Crippen molar-refractivity contribution in [3.05, 3.63) is 36.5 Å². The van der Waals surface area contributed by atoms with Crippen molar-refractivity contribution in [2.45, 2.75) is 238 Å². The van der Waals surface area contributed by atoms with Crippen molar-refractivity contribution in [2.75, 3.05) is 54.1 Å². The average Bonchev–Trinajstić information content (AvgIpc) is 3.22. The number of quaternary nitrogens is 1. The molecule has 8 nitrogen and oxygen atoms in total. The molecule has 0 aliphatic heterocycles. The summed E-state index contributed by atoms with van der Waals surface area (Å²) < 4.78 is 35.1. The second-order valence-corrected chi connectivity index (χ2v) is 20.0. The van der Waals surface area contributed by atoms with E-state index in [9.17, 15) is 14.3 Å². The minimum atomic E-state index is -4.28. The average molecular weight is 883 g/mol. The maximum absolute atomic E-state index is 12.7. The normalized spacial score (nSPS) is 13.9. The van der Waals surface area contributed by atoms with E-state index in [1.165, 1.54) is 154 Å². The van der Waals surface area contributed by atoms with E-state index < -0.39 is 13.9 Å². The van der Waals surface area contributed by atoms with Crippen LogP contribution in [-0.2, 0) is 27.9 Å². The van der Waals surface area contributed by atoms with E-state index in [1.54, 1.807) is 0 Å². The summed E-state index contributed by atoms with van der Waals surface area (Å²) >= 11 is 0. The third kappa shape index (κ3) is 49.6. The first-order valence-corrected chi connectivity index (χ1v) is 27.2. The molecule has 0 saturated heterocycles. The molecule has 0 rings (SSSR count). The number of hydrogen-bond donors (Lipinski definition) is 1. The number of nitrogens with zero attached hydrogens (tertiary/aromatic N) is 1. The van der Waals surface area contributed by atoms with Gasteiger partial charge in [0, 0.05) is 13.0 Å². The minimum absolute atomic E-state index is 0.0875. The Bertz CT molecular complexity index is 1070. The molecule has 2 atom stereocenters. The van der Waals surface area contributed by atoms with Gasteiger partial charge in [-0.05, 0) is 44.9 Å². The van der Waals surface area contributed by atoms with Crippen molar-refractivity contribution in [2.24, 2.45) is 0 Å². The van der Waals surface area contributed by atoms with Crippen LogP contribution in [0.2, 0.25) is 0 Å². The molecule has 0 aromatic rings. The van der Waals surface area contributed by atoms with Crippen LogP contribution in [0.25, 0.3) is 0 Å². The van der Waals surface area contributed by atoms with Crippen LogP contribution in [0.15, 0.2) is 36.5 Å². The zero-order valence-corrected chi connectivity index (χ0v) is 41.8. The summed E-state index contributed by atoms with van der Waals surface area (Å²) in [6, 6.07) is 0. The fourth-order valence-electron chi connectivity index (χ4n) is 7.28. The van der Waals surface area contributed by atoms with Crippen LogP contribution >= 0.6 is 7.82 Å². The van der Waals surface area contributed by atoms with Crippen LogP contribution in [0, 0.1) is 0 Å². The van der Waals surface area contributed by atoms with Crippen LogP contribution in [0.3, 0.4) is 0 Å². The first kappa shape index (κ1) is 59.7. The molecule has 0 bridgehead atoms. The van der Waals surface area contributed by atoms with Gasteiger partial charge >= 0.3 is 13.8 Å². The van der Waals surface area contributed by atoms with Crippen molar-refractivity contribution in [1.82, 2.24) is 0 Å². The minimum Gasteiger partial charge on any atom is -0.457 e. The molecule has 0 radical (unpaired) electrons. The molecule has 0 spiro atoms. The Morgan fingerprint density at radius 1 is 0.525 bits per heavy atom. The molecule has 0 aromatic heterocycles. The SMILES string of the molecule is CC/C=C\C/C=C\C/C=C\CCCCCCCCCC(=O)OC(COCCCCCCCCCCCCCCCCCCCCCCCC)COP(=O)(O)OCC[N+](C)(C)C. The first-order valence-electron chi connectivity index (χ1n) is 25.7. The predicted octanol–water partition coefficient (Wildman–Crippen LogP) is 15.7. The number of likely N-dealkylation sites (N-methyl/N-ethyl adjacent to an activating group) is 1. The van der Waals surface area contributed by atoms with Gasteiger partial charge in [0.05, 0.1) is 34.4 Å². The quantitative estimate of drug-likeness (QED) is 0.0214. The largest absolute Gasteiger partial charge is 0.472 e. The molecular weight excluding hydrogens is 782 g/mol. The van der Waals surface area contributed by atoms with E-state index in [1.807, 2.05) is 21.1 Å². The smallest absolute Gasteiger partial charge is 0.457 e. The molecule has 360 valence electrons. The van der Waals surface area contributed by atoms with Gasteiger partial charge in [0.2, 0.25) is 0 Å². The standard InChI is InChI=1S/C52H100NO7P/c1-6-8-10-12-14-16-18-20-22-24-25-26-27-28-30-32-34-36-38-40-42-44-47-57-49-51(50-59-61(55,56)58-48-46-53(3,4)5)60-52(54)45-43-41-39-37-35-33-31-29-23-21-19-17-15-13-11-9-7-2/h9,11,15,17,21,23,51H,6-8,10,12-14,16,18-20,22,24-50H2,1-5H3/p+1/b11-9-,17-15-,23-21-. The Morgan fingerprint density at radius 3 is 1.43 bits per heavy atom. The molecule has 2 unspecified atom stereocenters. The van der Waals surface area contributed by atoms with Gasteiger partial charge in [0.25, 0.3) is 0 Å². The summed E-state index contributed by atoms with van der Waals surface area (Å²) in [4.78, 5) is 23.0. The predicted molar refractivity (Wildman–Crippen MR) is 261 cm³/mol. The number of allylic oxidation sites excluding steroid dienone is 6. The van der Waals surface area contributed by atoms with Crippen molar-refractivity contribution in [3.63, 3.8) is 0 Å². The van der Waals surface area contributed by atoms with Crippen LogP contribution < -0.4 is 0 Å². The van der Waals surface area contributed by atoms with E-state index in [0.29, 0.717) is 24.1 Å². The molecule has 0 aliphatic carbocycles. The van der Waals surface area contributed by atoms with Gasteiger partial charge in [0.15, 0.2) is 0 Å². The third-order valence-corrected chi connectivity index (χ3v) is 12.2. The summed E-state index contributed by atoms with van der Waals surface area (Å²) in [5.41, 5.74) is 0. The van der Waals surface area contributed by atoms with Gasteiger partial charge in [-0.15, -0.1) is 0 Å². The zero-order chi connectivity index (χ0) is 44.8. The van der Waals surface area contributed by atoms with Crippen LogP contribution in [0.1, 0.15) is 232 Å².